The van der Waals surface area contributed by atoms with E-state index in [2.05, 4.69) is 15.5 Å². The molecule has 27 heavy (non-hydrogen) atoms. The van der Waals surface area contributed by atoms with Gasteiger partial charge in [-0.25, -0.2) is 4.39 Å². The number of hydrogen-bond donors (Lipinski definition) is 1. The first-order valence-electron chi connectivity index (χ1n) is 8.62. The van der Waals surface area contributed by atoms with Gasteiger partial charge in [-0.15, -0.1) is 0 Å². The van der Waals surface area contributed by atoms with Crippen molar-refractivity contribution in [1.82, 2.24) is 19.6 Å². The zero-order valence-corrected chi connectivity index (χ0v) is 16.2. The van der Waals surface area contributed by atoms with Crippen molar-refractivity contribution in [3.63, 3.8) is 0 Å². The minimum Gasteiger partial charge on any atom is -0.323 e. The summed E-state index contributed by atoms with van der Waals surface area (Å²) in [5.74, 6) is -0.415. The average Bonchev–Trinajstić information content (AvgIpc) is 3.09. The van der Waals surface area contributed by atoms with Crippen LogP contribution in [0.15, 0.2) is 30.5 Å². The Morgan fingerprint density at radius 2 is 1.93 bits per heavy atom. The van der Waals surface area contributed by atoms with Gasteiger partial charge in [-0.3, -0.25) is 14.2 Å². The van der Waals surface area contributed by atoms with Crippen LogP contribution < -0.4 is 5.32 Å². The summed E-state index contributed by atoms with van der Waals surface area (Å²) in [5.41, 5.74) is 3.51. The van der Waals surface area contributed by atoms with Crippen LogP contribution in [0.1, 0.15) is 29.1 Å². The molecule has 3 rings (SSSR count). The maximum absolute atomic E-state index is 13.9. The molecule has 1 aromatic carbocycles. The van der Waals surface area contributed by atoms with Gasteiger partial charge in [-0.05, 0) is 26.8 Å². The van der Waals surface area contributed by atoms with Crippen molar-refractivity contribution in [1.29, 1.82) is 0 Å². The number of carbonyl (C=O) groups excluding carboxylic acids is 1. The molecule has 0 aliphatic carbocycles. The maximum Gasteiger partial charge on any atom is 0.226 e. The van der Waals surface area contributed by atoms with Crippen molar-refractivity contribution >= 4 is 23.2 Å². The van der Waals surface area contributed by atoms with Gasteiger partial charge in [0, 0.05) is 12.0 Å². The number of halogens is 2. The zero-order valence-electron chi connectivity index (χ0n) is 15.5. The van der Waals surface area contributed by atoms with Gasteiger partial charge >= 0.3 is 0 Å². The lowest BCUT2D eigenvalue weighted by Gasteiger charge is -2.08. The second-order valence-corrected chi connectivity index (χ2v) is 6.80. The predicted octanol–water partition coefficient (Wildman–Crippen LogP) is 3.87. The number of aryl methyl sites for hydroxylation is 2. The molecule has 142 valence electrons. The van der Waals surface area contributed by atoms with Crippen molar-refractivity contribution in [2.75, 3.05) is 5.32 Å². The molecule has 6 nitrogen and oxygen atoms in total. The lowest BCUT2D eigenvalue weighted by Crippen LogP contribution is -2.16. The molecule has 2 heterocycles. The minimum absolute atomic E-state index is 0.141. The molecule has 0 spiro atoms. The molecule has 0 saturated carbocycles. The quantitative estimate of drug-likeness (QED) is 0.695. The predicted molar refractivity (Wildman–Crippen MR) is 102 cm³/mol. The molecule has 0 unspecified atom stereocenters. The summed E-state index contributed by atoms with van der Waals surface area (Å²) < 4.78 is 17.3. The van der Waals surface area contributed by atoms with Gasteiger partial charge in [-0.2, -0.15) is 10.2 Å². The average molecular weight is 390 g/mol. The highest BCUT2D eigenvalue weighted by Crippen LogP contribution is 2.21. The molecule has 2 aromatic heterocycles. The van der Waals surface area contributed by atoms with Gasteiger partial charge < -0.3 is 5.32 Å². The number of carbonyl (C=O) groups is 1. The Labute approximate surface area is 161 Å². The summed E-state index contributed by atoms with van der Waals surface area (Å²) in [6, 6.07) is 6.59. The number of nitrogens with zero attached hydrogens (tertiary/aromatic N) is 4. The first kappa shape index (κ1) is 19.1. The summed E-state index contributed by atoms with van der Waals surface area (Å²) in [7, 11) is 0. The smallest absolute Gasteiger partial charge is 0.226 e. The van der Waals surface area contributed by atoms with Crippen LogP contribution in [-0.4, -0.2) is 25.5 Å². The first-order valence-corrected chi connectivity index (χ1v) is 8.99. The Bertz CT molecular complexity index is 979. The van der Waals surface area contributed by atoms with Gasteiger partial charge in [-0.1, -0.05) is 29.8 Å². The standard InChI is InChI=1S/C19H21ClFN5O/c1-12-19(23-18(27)8-9-25-13(2)16(20)10-22-25)14(3)26(24-12)11-15-6-4-5-7-17(15)21/h4-7,10H,8-9,11H2,1-3H3,(H,23,27). The van der Waals surface area contributed by atoms with E-state index in [1.54, 1.807) is 33.8 Å². The molecule has 8 heteroatoms. The van der Waals surface area contributed by atoms with Crippen molar-refractivity contribution in [3.8, 4) is 0 Å². The van der Waals surface area contributed by atoms with E-state index in [1.807, 2.05) is 20.8 Å². The fraction of sp³-hybridized carbons (Fsp3) is 0.316. The van der Waals surface area contributed by atoms with E-state index in [-0.39, 0.29) is 18.1 Å². The highest BCUT2D eigenvalue weighted by Gasteiger charge is 2.16. The first-order chi connectivity index (χ1) is 12.9. The van der Waals surface area contributed by atoms with Gasteiger partial charge in [0.2, 0.25) is 5.91 Å². The molecule has 0 fully saturated rings. The van der Waals surface area contributed by atoms with Crippen LogP contribution in [-0.2, 0) is 17.9 Å². The number of rotatable bonds is 6. The molecule has 0 bridgehead atoms. The molecular formula is C19H21ClFN5O. The fourth-order valence-electron chi connectivity index (χ4n) is 2.88. The molecule has 3 aromatic rings. The lowest BCUT2D eigenvalue weighted by molar-refractivity contribution is -0.116. The maximum atomic E-state index is 13.9. The summed E-state index contributed by atoms with van der Waals surface area (Å²) in [5, 5.41) is 12.1. The highest BCUT2D eigenvalue weighted by molar-refractivity contribution is 6.31. The zero-order chi connectivity index (χ0) is 19.6. The largest absolute Gasteiger partial charge is 0.323 e. The van der Waals surface area contributed by atoms with Gasteiger partial charge in [0.1, 0.15) is 5.82 Å². The third-order valence-corrected chi connectivity index (χ3v) is 4.89. The van der Waals surface area contributed by atoms with E-state index in [1.165, 1.54) is 6.07 Å². The van der Waals surface area contributed by atoms with Gasteiger partial charge in [0.15, 0.2) is 0 Å². The minimum atomic E-state index is -0.274. The van der Waals surface area contributed by atoms with Crippen LogP contribution in [0.25, 0.3) is 0 Å². The summed E-state index contributed by atoms with van der Waals surface area (Å²) in [6.45, 7) is 6.27. The van der Waals surface area contributed by atoms with Crippen LogP contribution in [0.3, 0.4) is 0 Å². The van der Waals surface area contributed by atoms with Crippen LogP contribution >= 0.6 is 11.6 Å². The number of aromatic nitrogens is 4. The highest BCUT2D eigenvalue weighted by atomic mass is 35.5. The topological polar surface area (TPSA) is 64.7 Å². The monoisotopic (exact) mass is 389 g/mol. The Morgan fingerprint density at radius 1 is 1.19 bits per heavy atom. The van der Waals surface area contributed by atoms with Crippen molar-refractivity contribution < 1.29 is 9.18 Å². The molecule has 0 radical (unpaired) electrons. The normalized spacial score (nSPS) is 11.0. The van der Waals surface area contributed by atoms with Crippen LogP contribution in [0.5, 0.6) is 0 Å². The second-order valence-electron chi connectivity index (χ2n) is 6.39. The number of benzene rings is 1. The molecule has 0 aliphatic rings. The number of hydrogen-bond acceptors (Lipinski definition) is 3. The Hall–Kier alpha value is -2.67. The van der Waals surface area contributed by atoms with Crippen LogP contribution in [0.2, 0.25) is 5.02 Å². The van der Waals surface area contributed by atoms with E-state index in [0.717, 1.165) is 11.4 Å². The Balaban J connectivity index is 1.68. The third-order valence-electron chi connectivity index (χ3n) is 4.52. The summed E-state index contributed by atoms with van der Waals surface area (Å²) >= 11 is 5.97. The van der Waals surface area contributed by atoms with E-state index in [4.69, 9.17) is 11.6 Å². The van der Waals surface area contributed by atoms with Gasteiger partial charge in [0.25, 0.3) is 0 Å². The third kappa shape index (κ3) is 4.19. The molecule has 0 atom stereocenters. The van der Waals surface area contributed by atoms with E-state index in [0.29, 0.717) is 35.1 Å². The van der Waals surface area contributed by atoms with E-state index in [9.17, 15) is 9.18 Å². The molecule has 0 aliphatic heterocycles. The Kier molecular flexibility index (Phi) is 5.60. The van der Waals surface area contributed by atoms with Gasteiger partial charge in [0.05, 0.1) is 47.1 Å². The summed E-state index contributed by atoms with van der Waals surface area (Å²) in [4.78, 5) is 12.3. The number of anilines is 1. The lowest BCUT2D eigenvalue weighted by atomic mass is 10.2. The fourth-order valence-corrected chi connectivity index (χ4v) is 3.02. The Morgan fingerprint density at radius 3 is 2.59 bits per heavy atom. The second kappa shape index (κ2) is 7.92. The molecule has 0 saturated heterocycles. The van der Waals surface area contributed by atoms with Crippen molar-refractivity contribution in [3.05, 3.63) is 63.9 Å². The van der Waals surface area contributed by atoms with E-state index < -0.39 is 0 Å². The molecule has 1 amide bonds. The molecular weight excluding hydrogens is 369 g/mol. The SMILES string of the molecule is Cc1nn(Cc2ccccc2F)c(C)c1NC(=O)CCn1ncc(Cl)c1C. The summed E-state index contributed by atoms with van der Waals surface area (Å²) in [6.07, 6.45) is 1.83. The van der Waals surface area contributed by atoms with E-state index >= 15 is 0 Å². The van der Waals surface area contributed by atoms with Crippen molar-refractivity contribution in [2.45, 2.75) is 40.3 Å². The van der Waals surface area contributed by atoms with Crippen LogP contribution in [0.4, 0.5) is 10.1 Å². The van der Waals surface area contributed by atoms with Crippen LogP contribution in [0, 0.1) is 26.6 Å². The number of nitrogens with one attached hydrogen (secondary N) is 1. The number of amides is 1. The molecule has 1 N–H and O–H groups in total. The van der Waals surface area contributed by atoms with Crippen molar-refractivity contribution in [2.24, 2.45) is 0 Å².